The molecule has 10 nitrogen and oxygen atoms in total. The van der Waals surface area contributed by atoms with Crippen LogP contribution in [0.1, 0.15) is 30.0 Å². The number of carboxylic acid groups (broad SMARTS) is 1. The van der Waals surface area contributed by atoms with Crippen LogP contribution in [-0.4, -0.2) is 37.6 Å². The zero-order chi connectivity index (χ0) is 22.1. The summed E-state index contributed by atoms with van der Waals surface area (Å²) in [6, 6.07) is 4.92. The van der Waals surface area contributed by atoms with Crippen molar-refractivity contribution in [3.8, 4) is 22.9 Å². The minimum absolute atomic E-state index is 0.0614. The Morgan fingerprint density at radius 2 is 2.10 bits per heavy atom. The molecule has 1 aromatic carbocycles. The maximum Gasteiger partial charge on any atom is 0.340 e. The first kappa shape index (κ1) is 19.3. The molecular formula is C21H19N3O7. The van der Waals surface area contributed by atoms with Crippen LogP contribution in [0, 0.1) is 0 Å². The molecule has 0 spiro atoms. The second kappa shape index (κ2) is 6.43. The van der Waals surface area contributed by atoms with Gasteiger partial charge in [0.25, 0.3) is 5.56 Å². The molecule has 0 unspecified atom stereocenters. The van der Waals surface area contributed by atoms with E-state index in [0.717, 1.165) is 0 Å². The number of aliphatic hydroxyl groups is 2. The van der Waals surface area contributed by atoms with Gasteiger partial charge in [0, 0.05) is 28.1 Å². The second-order valence-corrected chi connectivity index (χ2v) is 7.58. The molecule has 2 aliphatic heterocycles. The fourth-order valence-electron chi connectivity index (χ4n) is 4.28. The van der Waals surface area contributed by atoms with E-state index in [1.165, 1.54) is 17.6 Å². The quantitative estimate of drug-likeness (QED) is 0.349. The van der Waals surface area contributed by atoms with Gasteiger partial charge in [0.15, 0.2) is 17.1 Å². The highest BCUT2D eigenvalue weighted by Gasteiger charge is 2.40. The lowest BCUT2D eigenvalue weighted by Gasteiger charge is -2.25. The predicted octanol–water partition coefficient (Wildman–Crippen LogP) is 0.911. The first-order valence-corrected chi connectivity index (χ1v) is 9.66. The van der Waals surface area contributed by atoms with Gasteiger partial charge in [-0.2, -0.15) is 0 Å². The number of aliphatic hydroxyl groups excluding tert-OH is 1. The van der Waals surface area contributed by atoms with Crippen molar-refractivity contribution in [3.05, 3.63) is 45.2 Å². The van der Waals surface area contributed by atoms with Crippen molar-refractivity contribution in [1.29, 1.82) is 0 Å². The Morgan fingerprint density at radius 1 is 1.32 bits per heavy atom. The van der Waals surface area contributed by atoms with Crippen molar-refractivity contribution < 1.29 is 29.6 Å². The van der Waals surface area contributed by atoms with Crippen LogP contribution in [-0.2, 0) is 23.5 Å². The second-order valence-electron chi connectivity index (χ2n) is 7.58. The highest BCUT2D eigenvalue weighted by atomic mass is 16.7. The Labute approximate surface area is 175 Å². The molecule has 0 aliphatic carbocycles. The molecule has 10 heteroatoms. The highest BCUT2D eigenvalue weighted by molar-refractivity contribution is 5.98. The van der Waals surface area contributed by atoms with Crippen molar-refractivity contribution in [2.45, 2.75) is 32.1 Å². The van der Waals surface area contributed by atoms with Crippen LogP contribution < -0.4 is 20.8 Å². The number of aromatic nitrogens is 2. The fourth-order valence-corrected chi connectivity index (χ4v) is 4.28. The van der Waals surface area contributed by atoms with Crippen LogP contribution >= 0.6 is 0 Å². The van der Waals surface area contributed by atoms with E-state index >= 15 is 0 Å². The Hall–Kier alpha value is -3.63. The van der Waals surface area contributed by atoms with Crippen molar-refractivity contribution in [1.82, 2.24) is 9.55 Å². The standard InChI is InChI=1S/C21H19N3O7/c1-2-21(29,20(27)28)12-4-14-17-9(6-24(14)19(26)11(12)7-25)3-10-13(23-17)5-15-18(16(10)22)31-8-30-15/h3-5,25,29H,2,6-8,22H2,1H3,(H,27,28)/t21-/m0/s1. The number of pyridine rings is 2. The smallest absolute Gasteiger partial charge is 0.340 e. The molecule has 0 amide bonds. The van der Waals surface area contributed by atoms with Crippen molar-refractivity contribution in [2.75, 3.05) is 12.5 Å². The van der Waals surface area contributed by atoms with Gasteiger partial charge in [0.05, 0.1) is 35.7 Å². The maximum atomic E-state index is 13.1. The predicted molar refractivity (Wildman–Crippen MR) is 109 cm³/mol. The summed E-state index contributed by atoms with van der Waals surface area (Å²) < 4.78 is 12.2. The van der Waals surface area contributed by atoms with Crippen molar-refractivity contribution in [2.24, 2.45) is 0 Å². The molecule has 5 N–H and O–H groups in total. The van der Waals surface area contributed by atoms with Gasteiger partial charge in [-0.05, 0) is 18.6 Å². The number of hydrogen-bond donors (Lipinski definition) is 4. The Morgan fingerprint density at radius 3 is 2.77 bits per heavy atom. The topological polar surface area (TPSA) is 157 Å². The minimum Gasteiger partial charge on any atom is -0.479 e. The summed E-state index contributed by atoms with van der Waals surface area (Å²) in [6.45, 7) is 1.02. The summed E-state index contributed by atoms with van der Waals surface area (Å²) in [6.07, 6.45) is -0.184. The largest absolute Gasteiger partial charge is 0.479 e. The average Bonchev–Trinajstić information content (AvgIpc) is 3.36. The first-order chi connectivity index (χ1) is 14.8. The number of nitrogens with two attached hydrogens (primary N) is 1. The number of hydrogen-bond acceptors (Lipinski definition) is 8. The molecule has 31 heavy (non-hydrogen) atoms. The molecule has 0 bridgehead atoms. The first-order valence-electron chi connectivity index (χ1n) is 9.66. The molecule has 0 saturated heterocycles. The van der Waals surface area contributed by atoms with E-state index < -0.39 is 23.7 Å². The van der Waals surface area contributed by atoms with Crippen LogP contribution in [0.4, 0.5) is 5.69 Å². The van der Waals surface area contributed by atoms with Gasteiger partial charge in [-0.25, -0.2) is 9.78 Å². The third kappa shape index (κ3) is 2.49. The SMILES string of the molecule is CC[C@@](O)(C(=O)O)c1cc2n(c(=O)c1CO)Cc1cc3c(N)c4c(cc3nc1-2)OCO4. The van der Waals surface area contributed by atoms with Crippen LogP contribution in [0.2, 0.25) is 0 Å². The maximum absolute atomic E-state index is 13.1. The average molecular weight is 425 g/mol. The van der Waals surface area contributed by atoms with Crippen molar-refractivity contribution >= 4 is 22.6 Å². The summed E-state index contributed by atoms with van der Waals surface area (Å²) in [5.41, 5.74) is 5.48. The summed E-state index contributed by atoms with van der Waals surface area (Å²) in [4.78, 5) is 29.6. The van der Waals surface area contributed by atoms with Gasteiger partial charge in [-0.3, -0.25) is 4.79 Å². The summed E-state index contributed by atoms with van der Waals surface area (Å²) in [7, 11) is 0. The molecule has 3 aromatic rings. The lowest BCUT2D eigenvalue weighted by atomic mass is 9.87. The van der Waals surface area contributed by atoms with E-state index in [2.05, 4.69) is 4.98 Å². The molecular weight excluding hydrogens is 406 g/mol. The van der Waals surface area contributed by atoms with E-state index in [0.29, 0.717) is 45.0 Å². The molecule has 160 valence electrons. The number of carbonyl (C=O) groups is 1. The number of ether oxygens (including phenoxy) is 2. The lowest BCUT2D eigenvalue weighted by Crippen LogP contribution is -2.39. The van der Waals surface area contributed by atoms with Crippen molar-refractivity contribution in [3.63, 3.8) is 0 Å². The number of nitrogens with zero attached hydrogens (tertiary/aromatic N) is 2. The number of nitrogen functional groups attached to an aromatic ring is 1. The molecule has 4 heterocycles. The summed E-state index contributed by atoms with van der Waals surface area (Å²) in [5, 5.41) is 30.8. The monoisotopic (exact) mass is 425 g/mol. The molecule has 0 radical (unpaired) electrons. The molecule has 0 fully saturated rings. The Kier molecular flexibility index (Phi) is 4.01. The number of rotatable bonds is 4. The van der Waals surface area contributed by atoms with Crippen LogP contribution in [0.15, 0.2) is 23.0 Å². The number of carboxylic acids is 1. The lowest BCUT2D eigenvalue weighted by molar-refractivity contribution is -0.160. The fraction of sp³-hybridized carbons (Fsp3) is 0.286. The zero-order valence-electron chi connectivity index (χ0n) is 16.5. The molecule has 2 aromatic heterocycles. The third-order valence-electron chi connectivity index (χ3n) is 6.02. The van der Waals surface area contributed by atoms with Gasteiger partial charge < -0.3 is 35.1 Å². The zero-order valence-corrected chi connectivity index (χ0v) is 16.5. The van der Waals surface area contributed by atoms with E-state index in [9.17, 15) is 24.9 Å². The summed E-state index contributed by atoms with van der Waals surface area (Å²) >= 11 is 0. The Bertz CT molecular complexity index is 1350. The summed E-state index contributed by atoms with van der Waals surface area (Å²) in [5.74, 6) is -0.587. The molecule has 1 atom stereocenters. The van der Waals surface area contributed by atoms with Crippen LogP contribution in [0.25, 0.3) is 22.3 Å². The van der Waals surface area contributed by atoms with Gasteiger partial charge in [0.1, 0.15) is 0 Å². The Balaban J connectivity index is 1.79. The van der Waals surface area contributed by atoms with E-state index in [-0.39, 0.29) is 30.9 Å². The van der Waals surface area contributed by atoms with Gasteiger partial charge in [-0.15, -0.1) is 0 Å². The number of anilines is 1. The van der Waals surface area contributed by atoms with Crippen LogP contribution in [0.5, 0.6) is 11.5 Å². The number of benzene rings is 1. The normalized spacial score (nSPS) is 15.6. The van der Waals surface area contributed by atoms with E-state index in [1.54, 1.807) is 6.07 Å². The molecule has 5 rings (SSSR count). The number of aliphatic carboxylic acids is 1. The van der Waals surface area contributed by atoms with Gasteiger partial charge in [0.2, 0.25) is 6.79 Å². The van der Waals surface area contributed by atoms with E-state index in [4.69, 9.17) is 15.2 Å². The third-order valence-corrected chi connectivity index (χ3v) is 6.02. The van der Waals surface area contributed by atoms with Crippen LogP contribution in [0.3, 0.4) is 0 Å². The molecule has 0 saturated carbocycles. The number of fused-ring (bicyclic) bond motifs is 5. The van der Waals surface area contributed by atoms with Gasteiger partial charge >= 0.3 is 5.97 Å². The molecule has 2 aliphatic rings. The van der Waals surface area contributed by atoms with E-state index in [1.807, 2.05) is 6.07 Å². The minimum atomic E-state index is -2.32. The highest BCUT2D eigenvalue weighted by Crippen LogP contribution is 2.44. The van der Waals surface area contributed by atoms with Gasteiger partial charge in [-0.1, -0.05) is 6.92 Å².